The summed E-state index contributed by atoms with van der Waals surface area (Å²) in [4.78, 5) is 17.0. The van der Waals surface area contributed by atoms with Crippen molar-refractivity contribution in [2.45, 2.75) is 6.92 Å². The highest BCUT2D eigenvalue weighted by molar-refractivity contribution is 6.31. The molecular weight excluding hydrogens is 386 g/mol. The van der Waals surface area contributed by atoms with E-state index in [0.29, 0.717) is 10.7 Å². The smallest absolute Gasteiger partial charge is 0.267 e. The maximum Gasteiger partial charge on any atom is 0.267 e. The first-order valence-electron chi connectivity index (χ1n) is 9.44. The summed E-state index contributed by atoms with van der Waals surface area (Å²) < 4.78 is 0. The minimum absolute atomic E-state index is 0.0233. The minimum Gasteiger partial charge on any atom is -0.369 e. The van der Waals surface area contributed by atoms with Gasteiger partial charge in [0.25, 0.3) is 5.91 Å². The number of nitrogens with zero attached hydrogens (tertiary/aromatic N) is 3. The van der Waals surface area contributed by atoms with E-state index < -0.39 is 5.91 Å². The molecule has 1 aliphatic rings. The maximum absolute atomic E-state index is 12.4. The Bertz CT molecular complexity index is 941. The largest absolute Gasteiger partial charge is 0.369 e. The lowest BCUT2D eigenvalue weighted by Crippen LogP contribution is -2.44. The fourth-order valence-corrected chi connectivity index (χ4v) is 3.19. The first kappa shape index (κ1) is 20.7. The van der Waals surface area contributed by atoms with E-state index in [1.807, 2.05) is 43.3 Å². The molecule has 0 atom stereocenters. The number of benzene rings is 2. The molecule has 1 saturated heterocycles. The number of anilines is 3. The van der Waals surface area contributed by atoms with Crippen LogP contribution < -0.4 is 15.5 Å². The Hall–Kier alpha value is -3.01. The summed E-state index contributed by atoms with van der Waals surface area (Å²) in [5, 5.41) is 15.6. The van der Waals surface area contributed by atoms with E-state index in [0.717, 1.165) is 37.4 Å². The normalized spacial score (nSPS) is 15.0. The van der Waals surface area contributed by atoms with Gasteiger partial charge in [0.2, 0.25) is 0 Å². The van der Waals surface area contributed by atoms with Gasteiger partial charge >= 0.3 is 0 Å². The Morgan fingerprint density at radius 1 is 1.10 bits per heavy atom. The van der Waals surface area contributed by atoms with Gasteiger partial charge in [-0.3, -0.25) is 4.79 Å². The molecule has 2 N–H and O–H groups in total. The van der Waals surface area contributed by atoms with Gasteiger partial charge in [0.15, 0.2) is 0 Å². The number of carbonyl (C=O) groups is 1. The number of aryl methyl sites for hydroxylation is 1. The average Bonchev–Trinajstić information content (AvgIpc) is 2.72. The number of piperazine rings is 1. The van der Waals surface area contributed by atoms with E-state index in [1.54, 1.807) is 12.1 Å². The number of amides is 1. The van der Waals surface area contributed by atoms with Crippen LogP contribution in [0.5, 0.6) is 0 Å². The van der Waals surface area contributed by atoms with Crippen LogP contribution in [0.2, 0.25) is 5.02 Å². The molecule has 0 unspecified atom stereocenters. The van der Waals surface area contributed by atoms with Gasteiger partial charge in [-0.15, -0.1) is 0 Å². The summed E-state index contributed by atoms with van der Waals surface area (Å²) in [6.07, 6.45) is 1.41. The molecule has 2 aromatic carbocycles. The van der Waals surface area contributed by atoms with Crippen LogP contribution in [0.15, 0.2) is 54.2 Å². The van der Waals surface area contributed by atoms with Gasteiger partial charge < -0.3 is 20.4 Å². The molecule has 6 nitrogen and oxygen atoms in total. The molecule has 0 spiro atoms. The lowest BCUT2D eigenvalue weighted by atomic mass is 10.2. The molecule has 3 rings (SSSR count). The topological polar surface area (TPSA) is 71.4 Å². The number of nitriles is 1. The number of rotatable bonds is 5. The standard InChI is InChI=1S/C22H24ClN5O/c1-16-3-4-19(13-21(16)23)26-22(29)17(14-24)15-25-18-5-7-20(8-6-18)28-11-9-27(2)10-12-28/h3-8,13,15,25H,9-12H2,1-2H3,(H,26,29)/b17-15-. The Kier molecular flexibility index (Phi) is 6.76. The Balaban J connectivity index is 1.61. The fraction of sp³-hybridized carbons (Fsp3) is 0.273. The van der Waals surface area contributed by atoms with Crippen molar-refractivity contribution in [2.75, 3.05) is 48.8 Å². The van der Waals surface area contributed by atoms with Gasteiger partial charge in [-0.25, -0.2) is 0 Å². The van der Waals surface area contributed by atoms with Gasteiger partial charge in [-0.2, -0.15) is 5.26 Å². The summed E-state index contributed by atoms with van der Waals surface area (Å²) >= 11 is 6.08. The van der Waals surface area contributed by atoms with Crippen LogP contribution in [-0.4, -0.2) is 44.0 Å². The number of hydrogen-bond donors (Lipinski definition) is 2. The Labute approximate surface area is 176 Å². The molecule has 1 heterocycles. The zero-order chi connectivity index (χ0) is 20.8. The zero-order valence-electron chi connectivity index (χ0n) is 16.6. The molecule has 150 valence electrons. The third-order valence-corrected chi connectivity index (χ3v) is 5.32. The van der Waals surface area contributed by atoms with Crippen LogP contribution in [0.25, 0.3) is 0 Å². The highest BCUT2D eigenvalue weighted by Gasteiger charge is 2.14. The lowest BCUT2D eigenvalue weighted by molar-refractivity contribution is -0.112. The molecule has 1 fully saturated rings. The van der Waals surface area contributed by atoms with Crippen molar-refractivity contribution in [1.82, 2.24) is 4.90 Å². The second-order valence-corrected chi connectivity index (χ2v) is 7.48. The predicted molar refractivity (Wildman–Crippen MR) is 118 cm³/mol. The average molecular weight is 410 g/mol. The van der Waals surface area contributed by atoms with Crippen LogP contribution in [0.1, 0.15) is 5.56 Å². The summed E-state index contributed by atoms with van der Waals surface area (Å²) in [7, 11) is 2.13. The minimum atomic E-state index is -0.492. The molecule has 7 heteroatoms. The number of halogens is 1. The van der Waals surface area contributed by atoms with Crippen LogP contribution in [0.4, 0.5) is 17.1 Å². The lowest BCUT2D eigenvalue weighted by Gasteiger charge is -2.34. The molecule has 29 heavy (non-hydrogen) atoms. The van der Waals surface area contributed by atoms with Crippen molar-refractivity contribution in [3.8, 4) is 6.07 Å². The molecule has 0 aromatic heterocycles. The van der Waals surface area contributed by atoms with E-state index >= 15 is 0 Å². The van der Waals surface area contributed by atoms with Gasteiger partial charge in [0.05, 0.1) is 0 Å². The molecular formula is C22H24ClN5O. The van der Waals surface area contributed by atoms with Gasteiger partial charge in [-0.05, 0) is 55.9 Å². The maximum atomic E-state index is 12.4. The monoisotopic (exact) mass is 409 g/mol. The molecule has 0 aliphatic carbocycles. The molecule has 0 radical (unpaired) electrons. The van der Waals surface area contributed by atoms with Crippen molar-refractivity contribution in [2.24, 2.45) is 0 Å². The van der Waals surface area contributed by atoms with Gasteiger partial charge in [-0.1, -0.05) is 17.7 Å². The van der Waals surface area contributed by atoms with Crippen LogP contribution in [0.3, 0.4) is 0 Å². The molecule has 1 amide bonds. The summed E-state index contributed by atoms with van der Waals surface area (Å²) in [6.45, 7) is 5.99. The SMILES string of the molecule is Cc1ccc(NC(=O)/C(C#N)=C\Nc2ccc(N3CCN(C)CC3)cc2)cc1Cl. The van der Waals surface area contributed by atoms with Gasteiger partial charge in [0, 0.05) is 54.5 Å². The molecule has 0 saturated carbocycles. The Morgan fingerprint density at radius 3 is 2.38 bits per heavy atom. The summed E-state index contributed by atoms with van der Waals surface area (Å²) in [6, 6.07) is 15.1. The van der Waals surface area contributed by atoms with E-state index in [2.05, 4.69) is 27.5 Å². The first-order chi connectivity index (χ1) is 14.0. The van der Waals surface area contributed by atoms with Crippen molar-refractivity contribution in [3.63, 3.8) is 0 Å². The second kappa shape index (κ2) is 9.46. The third-order valence-electron chi connectivity index (χ3n) is 4.91. The highest BCUT2D eigenvalue weighted by Crippen LogP contribution is 2.21. The van der Waals surface area contributed by atoms with E-state index in [4.69, 9.17) is 11.6 Å². The van der Waals surface area contributed by atoms with Crippen molar-refractivity contribution in [1.29, 1.82) is 5.26 Å². The quantitative estimate of drug-likeness (QED) is 0.579. The van der Waals surface area contributed by atoms with Crippen LogP contribution in [-0.2, 0) is 4.79 Å². The molecule has 1 aliphatic heterocycles. The van der Waals surface area contributed by atoms with Crippen molar-refractivity contribution >= 4 is 34.6 Å². The van der Waals surface area contributed by atoms with Crippen molar-refractivity contribution in [3.05, 3.63) is 64.8 Å². The van der Waals surface area contributed by atoms with Gasteiger partial charge in [0.1, 0.15) is 11.6 Å². The van der Waals surface area contributed by atoms with Crippen LogP contribution in [0, 0.1) is 18.3 Å². The Morgan fingerprint density at radius 2 is 1.76 bits per heavy atom. The number of hydrogen-bond acceptors (Lipinski definition) is 5. The number of nitrogens with one attached hydrogen (secondary N) is 2. The number of carbonyl (C=O) groups excluding carboxylic acids is 1. The van der Waals surface area contributed by atoms with E-state index in [1.165, 1.54) is 11.9 Å². The van der Waals surface area contributed by atoms with Crippen LogP contribution >= 0.6 is 11.6 Å². The second-order valence-electron chi connectivity index (χ2n) is 7.07. The first-order valence-corrected chi connectivity index (χ1v) is 9.82. The fourth-order valence-electron chi connectivity index (χ4n) is 3.01. The summed E-state index contributed by atoms with van der Waals surface area (Å²) in [5.41, 5.74) is 3.42. The number of likely N-dealkylation sites (N-methyl/N-ethyl adjacent to an activating group) is 1. The van der Waals surface area contributed by atoms with E-state index in [-0.39, 0.29) is 5.57 Å². The highest BCUT2D eigenvalue weighted by atomic mass is 35.5. The summed E-state index contributed by atoms with van der Waals surface area (Å²) in [5.74, 6) is -0.492. The predicted octanol–water partition coefficient (Wildman–Crippen LogP) is 3.86. The zero-order valence-corrected chi connectivity index (χ0v) is 17.3. The van der Waals surface area contributed by atoms with Crippen molar-refractivity contribution < 1.29 is 4.79 Å². The molecule has 0 bridgehead atoms. The molecule has 2 aromatic rings. The third kappa shape index (κ3) is 5.50. The van der Waals surface area contributed by atoms with E-state index in [9.17, 15) is 10.1 Å².